The lowest BCUT2D eigenvalue weighted by molar-refractivity contribution is 0.343. The molecule has 0 radical (unpaired) electrons. The Morgan fingerprint density at radius 1 is 1.16 bits per heavy atom. The van der Waals surface area contributed by atoms with Crippen LogP contribution < -0.4 is 10.3 Å². The molecular weight excluding hydrogens is 332 g/mol. The number of hydrogen-bond acceptors (Lipinski definition) is 4. The topological polar surface area (TPSA) is 44.1 Å². The monoisotopic (exact) mass is 354 g/mol. The summed E-state index contributed by atoms with van der Waals surface area (Å²) in [6.07, 6.45) is 0. The first-order valence-electron chi connectivity index (χ1n) is 8.40. The Balaban J connectivity index is 1.76. The maximum atomic E-state index is 12.8. The minimum absolute atomic E-state index is 0.0164. The Hall–Kier alpha value is -2.27. The van der Waals surface area contributed by atoms with Gasteiger partial charge in [0.1, 0.15) is 5.75 Å². The third kappa shape index (κ3) is 4.04. The van der Waals surface area contributed by atoms with Crippen molar-refractivity contribution in [2.45, 2.75) is 32.0 Å². The largest absolute Gasteiger partial charge is 0.493 e. The molecule has 0 spiro atoms. The van der Waals surface area contributed by atoms with Gasteiger partial charge in [-0.1, -0.05) is 36.0 Å². The van der Waals surface area contributed by atoms with Gasteiger partial charge in [0.05, 0.1) is 17.5 Å². The molecule has 0 aliphatic heterocycles. The Labute approximate surface area is 151 Å². The number of ether oxygens (including phenoxy) is 1. The molecular formula is C20H22N2O2S. The molecule has 0 saturated heterocycles. The van der Waals surface area contributed by atoms with Crippen LogP contribution in [-0.4, -0.2) is 21.9 Å². The number of nitrogens with zero attached hydrogens (tertiary/aromatic N) is 2. The number of benzene rings is 2. The fourth-order valence-electron chi connectivity index (χ4n) is 2.68. The molecule has 25 heavy (non-hydrogen) atoms. The maximum absolute atomic E-state index is 12.8. The normalized spacial score (nSPS) is 11.2. The minimum Gasteiger partial charge on any atom is -0.493 e. The Bertz CT molecular complexity index is 934. The van der Waals surface area contributed by atoms with E-state index in [0.29, 0.717) is 12.0 Å². The number of hydrogen-bond donors (Lipinski definition) is 0. The van der Waals surface area contributed by atoms with Gasteiger partial charge in [-0.25, -0.2) is 4.98 Å². The van der Waals surface area contributed by atoms with Gasteiger partial charge in [-0.2, -0.15) is 0 Å². The second-order valence-electron chi connectivity index (χ2n) is 6.19. The summed E-state index contributed by atoms with van der Waals surface area (Å²) in [6, 6.07) is 15.6. The van der Waals surface area contributed by atoms with Gasteiger partial charge in [0.25, 0.3) is 5.56 Å². The number of para-hydroxylation sites is 1. The van der Waals surface area contributed by atoms with Crippen LogP contribution in [0, 0.1) is 6.92 Å². The highest BCUT2D eigenvalue weighted by atomic mass is 32.2. The van der Waals surface area contributed by atoms with E-state index < -0.39 is 0 Å². The molecule has 0 atom stereocenters. The maximum Gasteiger partial charge on any atom is 0.262 e. The van der Waals surface area contributed by atoms with E-state index in [-0.39, 0.29) is 11.6 Å². The summed E-state index contributed by atoms with van der Waals surface area (Å²) in [5.74, 6) is 1.60. The smallest absolute Gasteiger partial charge is 0.262 e. The summed E-state index contributed by atoms with van der Waals surface area (Å²) in [6.45, 7) is 6.62. The van der Waals surface area contributed by atoms with E-state index >= 15 is 0 Å². The van der Waals surface area contributed by atoms with Crippen molar-refractivity contribution in [1.82, 2.24) is 9.55 Å². The molecule has 1 heterocycles. The van der Waals surface area contributed by atoms with Crippen LogP contribution in [0.1, 0.15) is 25.5 Å². The summed E-state index contributed by atoms with van der Waals surface area (Å²) in [7, 11) is 0. The predicted molar refractivity (Wildman–Crippen MR) is 104 cm³/mol. The quantitative estimate of drug-likeness (QED) is 0.372. The van der Waals surface area contributed by atoms with Crippen LogP contribution in [0.4, 0.5) is 0 Å². The molecule has 0 saturated carbocycles. The van der Waals surface area contributed by atoms with Crippen molar-refractivity contribution < 1.29 is 4.74 Å². The van der Waals surface area contributed by atoms with Crippen LogP contribution in [0.3, 0.4) is 0 Å². The predicted octanol–water partition coefficient (Wildman–Crippen LogP) is 4.46. The van der Waals surface area contributed by atoms with Crippen LogP contribution in [0.15, 0.2) is 58.5 Å². The average Bonchev–Trinajstić information content (AvgIpc) is 2.58. The second kappa shape index (κ2) is 7.74. The molecule has 0 aliphatic carbocycles. The van der Waals surface area contributed by atoms with Crippen molar-refractivity contribution in [3.8, 4) is 5.75 Å². The standard InChI is InChI=1S/C20H22N2O2S/c1-14(2)22-19(23)17-9-4-5-10-18(17)21-20(22)25-12-11-24-16-8-6-7-15(3)13-16/h4-10,13-14H,11-12H2,1-3H3. The van der Waals surface area contributed by atoms with Crippen LogP contribution in [0.25, 0.3) is 10.9 Å². The van der Waals surface area contributed by atoms with Gasteiger partial charge >= 0.3 is 0 Å². The zero-order chi connectivity index (χ0) is 17.8. The van der Waals surface area contributed by atoms with E-state index in [1.807, 2.05) is 69.3 Å². The molecule has 2 aromatic carbocycles. The lowest BCUT2D eigenvalue weighted by Gasteiger charge is -2.16. The van der Waals surface area contributed by atoms with E-state index in [9.17, 15) is 4.79 Å². The molecule has 1 aromatic heterocycles. The number of aromatic nitrogens is 2. The Kier molecular flexibility index (Phi) is 5.43. The first-order valence-corrected chi connectivity index (χ1v) is 9.38. The molecule has 4 nitrogen and oxygen atoms in total. The fraction of sp³-hybridized carbons (Fsp3) is 0.300. The van der Waals surface area contributed by atoms with Gasteiger partial charge in [0.15, 0.2) is 5.16 Å². The van der Waals surface area contributed by atoms with E-state index in [0.717, 1.165) is 22.2 Å². The van der Waals surface area contributed by atoms with E-state index in [1.165, 1.54) is 5.56 Å². The zero-order valence-electron chi connectivity index (χ0n) is 14.7. The molecule has 0 bridgehead atoms. The van der Waals surface area contributed by atoms with Gasteiger partial charge in [-0.3, -0.25) is 9.36 Å². The average molecular weight is 354 g/mol. The summed E-state index contributed by atoms with van der Waals surface area (Å²) >= 11 is 1.55. The van der Waals surface area contributed by atoms with E-state index in [2.05, 4.69) is 4.98 Å². The molecule has 0 fully saturated rings. The summed E-state index contributed by atoms with van der Waals surface area (Å²) in [4.78, 5) is 17.4. The molecule has 130 valence electrons. The third-order valence-corrected chi connectivity index (χ3v) is 4.78. The number of rotatable bonds is 6. The molecule has 0 unspecified atom stereocenters. The fourth-order valence-corrected chi connectivity index (χ4v) is 3.63. The molecule has 0 aliphatic rings. The molecule has 0 N–H and O–H groups in total. The Morgan fingerprint density at radius 2 is 1.96 bits per heavy atom. The van der Waals surface area contributed by atoms with Crippen molar-refractivity contribution >= 4 is 22.7 Å². The summed E-state index contributed by atoms with van der Waals surface area (Å²) < 4.78 is 7.55. The lowest BCUT2D eigenvalue weighted by atomic mass is 10.2. The van der Waals surface area contributed by atoms with Gasteiger partial charge in [0, 0.05) is 11.8 Å². The van der Waals surface area contributed by atoms with E-state index in [1.54, 1.807) is 16.3 Å². The molecule has 0 amide bonds. The van der Waals surface area contributed by atoms with Gasteiger partial charge in [0.2, 0.25) is 0 Å². The number of aryl methyl sites for hydroxylation is 1. The van der Waals surface area contributed by atoms with Crippen molar-refractivity contribution in [2.75, 3.05) is 12.4 Å². The van der Waals surface area contributed by atoms with Crippen LogP contribution in [-0.2, 0) is 0 Å². The number of thioether (sulfide) groups is 1. The van der Waals surface area contributed by atoms with Gasteiger partial charge < -0.3 is 4.74 Å². The highest BCUT2D eigenvalue weighted by Crippen LogP contribution is 2.21. The van der Waals surface area contributed by atoms with Crippen LogP contribution in [0.5, 0.6) is 5.75 Å². The Morgan fingerprint density at radius 3 is 2.72 bits per heavy atom. The SMILES string of the molecule is Cc1cccc(OCCSc2nc3ccccc3c(=O)n2C(C)C)c1. The highest BCUT2D eigenvalue weighted by Gasteiger charge is 2.13. The van der Waals surface area contributed by atoms with Gasteiger partial charge in [-0.15, -0.1) is 0 Å². The van der Waals surface area contributed by atoms with Crippen molar-refractivity contribution in [2.24, 2.45) is 0 Å². The van der Waals surface area contributed by atoms with Crippen molar-refractivity contribution in [3.63, 3.8) is 0 Å². The molecule has 3 rings (SSSR count). The first-order chi connectivity index (χ1) is 12.1. The van der Waals surface area contributed by atoms with E-state index in [4.69, 9.17) is 4.74 Å². The lowest BCUT2D eigenvalue weighted by Crippen LogP contribution is -2.25. The number of fused-ring (bicyclic) bond motifs is 1. The van der Waals surface area contributed by atoms with Crippen molar-refractivity contribution in [1.29, 1.82) is 0 Å². The van der Waals surface area contributed by atoms with Gasteiger partial charge in [-0.05, 0) is 50.6 Å². The molecule has 3 aromatic rings. The summed E-state index contributed by atoms with van der Waals surface area (Å²) in [5, 5.41) is 1.41. The zero-order valence-corrected chi connectivity index (χ0v) is 15.5. The van der Waals surface area contributed by atoms with Crippen molar-refractivity contribution in [3.05, 3.63) is 64.4 Å². The highest BCUT2D eigenvalue weighted by molar-refractivity contribution is 7.99. The van der Waals surface area contributed by atoms with Crippen LogP contribution >= 0.6 is 11.8 Å². The molecule has 5 heteroatoms. The third-order valence-electron chi connectivity index (χ3n) is 3.86. The minimum atomic E-state index is 0.0164. The second-order valence-corrected chi connectivity index (χ2v) is 7.26. The first kappa shape index (κ1) is 17.5. The summed E-state index contributed by atoms with van der Waals surface area (Å²) in [5.41, 5.74) is 1.93. The van der Waals surface area contributed by atoms with Crippen LogP contribution in [0.2, 0.25) is 0 Å².